The zero-order chi connectivity index (χ0) is 26.2. The van der Waals surface area contributed by atoms with Crippen LogP contribution in [0.2, 0.25) is 0 Å². The van der Waals surface area contributed by atoms with Crippen LogP contribution in [-0.4, -0.2) is 35.6 Å². The van der Waals surface area contributed by atoms with E-state index in [1.165, 1.54) is 52.4 Å². The van der Waals surface area contributed by atoms with Gasteiger partial charge < -0.3 is 9.88 Å². The van der Waals surface area contributed by atoms with Gasteiger partial charge in [-0.3, -0.25) is 9.59 Å². The third kappa shape index (κ3) is 5.00. The van der Waals surface area contributed by atoms with Crippen LogP contribution in [0.1, 0.15) is 35.3 Å². The first-order chi connectivity index (χ1) is 17.8. The summed E-state index contributed by atoms with van der Waals surface area (Å²) < 4.78 is 30.8. The quantitative estimate of drug-likeness (QED) is 0.415. The summed E-state index contributed by atoms with van der Waals surface area (Å²) in [5.74, 6) is -0.610. The normalized spacial score (nSPS) is 14.5. The van der Waals surface area contributed by atoms with Gasteiger partial charge in [0.2, 0.25) is 15.9 Å². The van der Waals surface area contributed by atoms with Crippen LogP contribution in [0, 0.1) is 0 Å². The number of aromatic nitrogens is 1. The number of aryl methyl sites for hydroxylation is 1. The van der Waals surface area contributed by atoms with Crippen molar-refractivity contribution >= 4 is 49.1 Å². The Kier molecular flexibility index (Phi) is 6.80. The molecular weight excluding hydrogens is 508 g/mol. The van der Waals surface area contributed by atoms with Gasteiger partial charge in [0.25, 0.3) is 5.91 Å². The van der Waals surface area contributed by atoms with Crippen LogP contribution in [0.4, 0.5) is 5.69 Å². The summed E-state index contributed by atoms with van der Waals surface area (Å²) in [5, 5.41) is 2.76. The van der Waals surface area contributed by atoms with Gasteiger partial charge in [0.05, 0.1) is 15.1 Å². The minimum absolute atomic E-state index is 0.152. The van der Waals surface area contributed by atoms with Gasteiger partial charge in [0.15, 0.2) is 4.80 Å². The number of anilines is 1. The first-order valence-electron chi connectivity index (χ1n) is 11.9. The van der Waals surface area contributed by atoms with Crippen molar-refractivity contribution in [1.29, 1.82) is 0 Å². The average molecular weight is 535 g/mol. The van der Waals surface area contributed by atoms with Gasteiger partial charge in [-0.05, 0) is 66.9 Å². The van der Waals surface area contributed by atoms with E-state index >= 15 is 0 Å². The van der Waals surface area contributed by atoms with Gasteiger partial charge in [-0.25, -0.2) is 8.42 Å². The number of nitrogens with one attached hydrogen (secondary N) is 1. The van der Waals surface area contributed by atoms with Crippen molar-refractivity contribution in [2.24, 2.45) is 4.99 Å². The fourth-order valence-corrected chi connectivity index (χ4v) is 7.04. The molecule has 1 aliphatic heterocycles. The summed E-state index contributed by atoms with van der Waals surface area (Å²) in [5.41, 5.74) is 4.09. The maximum absolute atomic E-state index is 13.2. The first kappa shape index (κ1) is 25.1. The van der Waals surface area contributed by atoms with E-state index in [0.29, 0.717) is 42.1 Å². The first-order valence-corrected chi connectivity index (χ1v) is 14.2. The minimum atomic E-state index is -3.69. The van der Waals surface area contributed by atoms with Gasteiger partial charge in [0.1, 0.15) is 0 Å². The summed E-state index contributed by atoms with van der Waals surface area (Å²) in [4.78, 5) is 29.4. The monoisotopic (exact) mass is 534 g/mol. The van der Waals surface area contributed by atoms with Gasteiger partial charge >= 0.3 is 0 Å². The summed E-state index contributed by atoms with van der Waals surface area (Å²) in [7, 11) is -3.69. The van der Waals surface area contributed by atoms with Crippen molar-refractivity contribution in [3.05, 3.63) is 88.2 Å². The van der Waals surface area contributed by atoms with Gasteiger partial charge in [-0.1, -0.05) is 35.6 Å². The van der Waals surface area contributed by atoms with Crippen molar-refractivity contribution in [3.8, 4) is 0 Å². The molecule has 3 aromatic carbocycles. The molecule has 0 spiro atoms. The Morgan fingerprint density at radius 2 is 1.76 bits per heavy atom. The number of sulfonamides is 1. The standard InChI is InChI=1S/C27H26N4O4S2/c1-3-31-24-13-10-22(28-18(2)32)16-25(24)36-27(31)29-26(33)20-8-11-23(12-9-20)37(34,35)30-15-14-19-6-4-5-7-21(19)17-30/h4-13,16H,3,14-15,17H2,1-2H3,(H,28,32). The maximum atomic E-state index is 13.2. The molecule has 0 radical (unpaired) electrons. The molecular formula is C27H26N4O4S2. The van der Waals surface area contributed by atoms with E-state index in [0.717, 1.165) is 15.8 Å². The molecule has 0 atom stereocenters. The highest BCUT2D eigenvalue weighted by molar-refractivity contribution is 7.89. The van der Waals surface area contributed by atoms with E-state index in [9.17, 15) is 18.0 Å². The predicted molar refractivity (Wildman–Crippen MR) is 144 cm³/mol. The summed E-state index contributed by atoms with van der Waals surface area (Å²) in [6.45, 7) is 4.78. The lowest BCUT2D eigenvalue weighted by Crippen LogP contribution is -2.35. The highest BCUT2D eigenvalue weighted by Gasteiger charge is 2.28. The number of hydrogen-bond acceptors (Lipinski definition) is 5. The molecule has 0 saturated carbocycles. The number of rotatable bonds is 5. The van der Waals surface area contributed by atoms with Gasteiger partial charge in [0, 0.05) is 37.8 Å². The lowest BCUT2D eigenvalue weighted by Gasteiger charge is -2.28. The third-order valence-corrected chi connectivity index (χ3v) is 9.25. The van der Waals surface area contributed by atoms with Crippen LogP contribution in [0.5, 0.6) is 0 Å². The third-order valence-electron chi connectivity index (χ3n) is 6.35. The lowest BCUT2D eigenvalue weighted by atomic mass is 10.0. The zero-order valence-electron chi connectivity index (χ0n) is 20.5. The summed E-state index contributed by atoms with van der Waals surface area (Å²) in [6, 6.07) is 19.4. The number of benzene rings is 3. The molecule has 1 N–H and O–H groups in total. The molecule has 1 aliphatic rings. The van der Waals surface area contributed by atoms with Crippen molar-refractivity contribution in [3.63, 3.8) is 0 Å². The molecule has 2 heterocycles. The molecule has 0 unspecified atom stereocenters. The second kappa shape index (κ2) is 10.0. The molecule has 0 saturated heterocycles. The molecule has 0 bridgehead atoms. The molecule has 4 aromatic rings. The predicted octanol–water partition coefficient (Wildman–Crippen LogP) is 4.17. The molecule has 0 aliphatic carbocycles. The molecule has 5 rings (SSSR count). The number of amides is 2. The Bertz CT molecular complexity index is 1690. The molecule has 0 fully saturated rings. The largest absolute Gasteiger partial charge is 0.326 e. The molecule has 1 aromatic heterocycles. The molecule has 190 valence electrons. The molecule has 10 heteroatoms. The number of hydrogen-bond donors (Lipinski definition) is 1. The van der Waals surface area contributed by atoms with Crippen molar-refractivity contribution in [1.82, 2.24) is 8.87 Å². The highest BCUT2D eigenvalue weighted by Crippen LogP contribution is 2.25. The molecule has 2 amide bonds. The Balaban J connectivity index is 1.40. The number of nitrogens with zero attached hydrogens (tertiary/aromatic N) is 3. The fraction of sp³-hybridized carbons (Fsp3) is 0.222. The van der Waals surface area contributed by atoms with E-state index < -0.39 is 15.9 Å². The average Bonchev–Trinajstić information content (AvgIpc) is 3.24. The Morgan fingerprint density at radius 1 is 1.03 bits per heavy atom. The van der Waals surface area contributed by atoms with Crippen LogP contribution < -0.4 is 10.1 Å². The van der Waals surface area contributed by atoms with E-state index in [2.05, 4.69) is 10.3 Å². The Hall–Kier alpha value is -3.60. The minimum Gasteiger partial charge on any atom is -0.326 e. The second-order valence-corrected chi connectivity index (χ2v) is 11.7. The van der Waals surface area contributed by atoms with E-state index in [1.54, 1.807) is 0 Å². The van der Waals surface area contributed by atoms with Crippen LogP contribution in [0.15, 0.2) is 76.6 Å². The number of carbonyl (C=O) groups is 2. The van der Waals surface area contributed by atoms with Crippen LogP contribution in [0.25, 0.3) is 10.2 Å². The highest BCUT2D eigenvalue weighted by atomic mass is 32.2. The fourth-order valence-electron chi connectivity index (χ4n) is 4.49. The second-order valence-electron chi connectivity index (χ2n) is 8.79. The molecule has 8 nitrogen and oxygen atoms in total. The SMILES string of the molecule is CCn1c(=NC(=O)c2ccc(S(=O)(=O)N3CCc4ccccc4C3)cc2)sc2cc(NC(C)=O)ccc21. The lowest BCUT2D eigenvalue weighted by molar-refractivity contribution is -0.114. The number of thiazole rings is 1. The van der Waals surface area contributed by atoms with Gasteiger partial charge in [-0.15, -0.1) is 0 Å². The topological polar surface area (TPSA) is 101 Å². The number of fused-ring (bicyclic) bond motifs is 2. The van der Waals surface area contributed by atoms with E-state index in [4.69, 9.17) is 0 Å². The summed E-state index contributed by atoms with van der Waals surface area (Å²) in [6.07, 6.45) is 0.670. The Labute approximate surface area is 218 Å². The smallest absolute Gasteiger partial charge is 0.279 e. The molecule has 37 heavy (non-hydrogen) atoms. The van der Waals surface area contributed by atoms with Crippen molar-refractivity contribution in [2.75, 3.05) is 11.9 Å². The van der Waals surface area contributed by atoms with Crippen molar-refractivity contribution in [2.45, 2.75) is 38.3 Å². The Morgan fingerprint density at radius 3 is 2.46 bits per heavy atom. The van der Waals surface area contributed by atoms with Crippen LogP contribution in [-0.2, 0) is 34.3 Å². The van der Waals surface area contributed by atoms with Crippen LogP contribution >= 0.6 is 11.3 Å². The van der Waals surface area contributed by atoms with Crippen LogP contribution in [0.3, 0.4) is 0 Å². The maximum Gasteiger partial charge on any atom is 0.279 e. The number of carbonyl (C=O) groups excluding carboxylic acids is 2. The van der Waals surface area contributed by atoms with Gasteiger partial charge in [-0.2, -0.15) is 9.30 Å². The summed E-state index contributed by atoms with van der Waals surface area (Å²) >= 11 is 1.35. The zero-order valence-corrected chi connectivity index (χ0v) is 22.1. The van der Waals surface area contributed by atoms with E-state index in [1.807, 2.05) is 54.0 Å². The van der Waals surface area contributed by atoms with E-state index in [-0.39, 0.29) is 10.8 Å². The van der Waals surface area contributed by atoms with Crippen molar-refractivity contribution < 1.29 is 18.0 Å².